The van der Waals surface area contributed by atoms with Crippen LogP contribution in [0.4, 0.5) is 5.69 Å². The van der Waals surface area contributed by atoms with Crippen molar-refractivity contribution in [1.29, 1.82) is 0 Å². The molecule has 4 nitrogen and oxygen atoms in total. The van der Waals surface area contributed by atoms with Gasteiger partial charge in [-0.2, -0.15) is 0 Å². The number of para-hydroxylation sites is 1. The number of benzene rings is 1. The number of fused-ring (bicyclic) bond motifs is 1. The predicted molar refractivity (Wildman–Crippen MR) is 70.2 cm³/mol. The highest BCUT2D eigenvalue weighted by Crippen LogP contribution is 2.29. The maximum absolute atomic E-state index is 5.90. The van der Waals surface area contributed by atoms with Gasteiger partial charge in [-0.1, -0.05) is 12.1 Å². The number of likely N-dealkylation sites (N-methyl/N-ethyl adjacent to an activating group) is 1. The Morgan fingerprint density at radius 1 is 1.29 bits per heavy atom. The quantitative estimate of drug-likeness (QED) is 0.871. The summed E-state index contributed by atoms with van der Waals surface area (Å²) in [5.74, 6) is 0.734. The Balaban J connectivity index is 2.28. The van der Waals surface area contributed by atoms with Crippen LogP contribution in [0.2, 0.25) is 0 Å². The minimum atomic E-state index is 0.586. The summed E-state index contributed by atoms with van der Waals surface area (Å²) in [5.41, 5.74) is 7.39. The Labute approximate surface area is 101 Å². The molecule has 1 aromatic carbocycles. The van der Waals surface area contributed by atoms with Gasteiger partial charge in [0, 0.05) is 11.9 Å². The van der Waals surface area contributed by atoms with Crippen LogP contribution in [0.5, 0.6) is 5.75 Å². The Kier molecular flexibility index (Phi) is 3.44. The lowest BCUT2D eigenvalue weighted by molar-refractivity contribution is 0.264. The molecule has 0 spiro atoms. The van der Waals surface area contributed by atoms with Crippen LogP contribution in [0.25, 0.3) is 10.9 Å². The predicted octanol–water partition coefficient (Wildman–Crippen LogP) is 1.76. The minimum absolute atomic E-state index is 0.586. The van der Waals surface area contributed by atoms with Crippen molar-refractivity contribution in [2.75, 3.05) is 33.0 Å². The Bertz CT molecular complexity index is 511. The first kappa shape index (κ1) is 11.7. The van der Waals surface area contributed by atoms with Gasteiger partial charge in [-0.05, 0) is 26.2 Å². The van der Waals surface area contributed by atoms with Crippen LogP contribution in [-0.4, -0.2) is 37.1 Å². The molecule has 0 amide bonds. The van der Waals surface area contributed by atoms with E-state index in [1.165, 1.54) is 0 Å². The average molecular weight is 231 g/mol. The van der Waals surface area contributed by atoms with Crippen LogP contribution in [0.3, 0.4) is 0 Å². The highest BCUT2D eigenvalue weighted by Gasteiger charge is 2.07. The number of nitrogen functional groups attached to an aromatic ring is 1. The molecular formula is C13H17N3O. The zero-order valence-electron chi connectivity index (χ0n) is 10.2. The number of anilines is 1. The smallest absolute Gasteiger partial charge is 0.153 e. The third-order valence-electron chi connectivity index (χ3n) is 2.54. The molecule has 17 heavy (non-hydrogen) atoms. The van der Waals surface area contributed by atoms with E-state index in [1.54, 1.807) is 6.20 Å². The lowest BCUT2D eigenvalue weighted by Crippen LogP contribution is -2.19. The van der Waals surface area contributed by atoms with Gasteiger partial charge in [-0.25, -0.2) is 0 Å². The van der Waals surface area contributed by atoms with Crippen LogP contribution < -0.4 is 10.5 Å². The summed E-state index contributed by atoms with van der Waals surface area (Å²) >= 11 is 0. The summed E-state index contributed by atoms with van der Waals surface area (Å²) in [4.78, 5) is 6.34. The van der Waals surface area contributed by atoms with Gasteiger partial charge in [0.1, 0.15) is 6.61 Å². The average Bonchev–Trinajstić information content (AvgIpc) is 2.32. The van der Waals surface area contributed by atoms with E-state index < -0.39 is 0 Å². The molecule has 2 N–H and O–H groups in total. The van der Waals surface area contributed by atoms with Gasteiger partial charge in [-0.3, -0.25) is 4.98 Å². The number of ether oxygens (including phenoxy) is 1. The van der Waals surface area contributed by atoms with Crippen LogP contribution in [0.1, 0.15) is 0 Å². The molecule has 0 radical (unpaired) electrons. The van der Waals surface area contributed by atoms with E-state index in [-0.39, 0.29) is 0 Å². The molecular weight excluding hydrogens is 214 g/mol. The van der Waals surface area contributed by atoms with Gasteiger partial charge in [-0.15, -0.1) is 0 Å². The summed E-state index contributed by atoms with van der Waals surface area (Å²) in [6.45, 7) is 1.47. The Morgan fingerprint density at radius 3 is 2.82 bits per heavy atom. The van der Waals surface area contributed by atoms with Crippen LogP contribution >= 0.6 is 0 Å². The van der Waals surface area contributed by atoms with Crippen LogP contribution in [0.15, 0.2) is 30.5 Å². The number of nitrogens with two attached hydrogens (primary N) is 1. The highest BCUT2D eigenvalue weighted by atomic mass is 16.5. The Hall–Kier alpha value is -1.81. The number of pyridine rings is 1. The van der Waals surface area contributed by atoms with E-state index in [0.29, 0.717) is 12.3 Å². The molecule has 0 unspecified atom stereocenters. The fourth-order valence-corrected chi connectivity index (χ4v) is 1.62. The third-order valence-corrected chi connectivity index (χ3v) is 2.54. The summed E-state index contributed by atoms with van der Waals surface area (Å²) in [6, 6.07) is 7.84. The molecule has 0 saturated heterocycles. The molecule has 1 aromatic heterocycles. The van der Waals surface area contributed by atoms with Gasteiger partial charge in [0.05, 0.1) is 17.4 Å². The molecule has 90 valence electrons. The Morgan fingerprint density at radius 2 is 2.06 bits per heavy atom. The first-order valence-electron chi connectivity index (χ1n) is 5.59. The van der Waals surface area contributed by atoms with Gasteiger partial charge in [0.15, 0.2) is 5.75 Å². The lowest BCUT2D eigenvalue weighted by atomic mass is 10.2. The SMILES string of the molecule is CN(C)CCOc1c(N)cnc2ccccc12. The van der Waals surface area contributed by atoms with Crippen molar-refractivity contribution in [1.82, 2.24) is 9.88 Å². The molecule has 0 atom stereocenters. The fourth-order valence-electron chi connectivity index (χ4n) is 1.62. The number of nitrogens with zero attached hydrogens (tertiary/aromatic N) is 2. The summed E-state index contributed by atoms with van der Waals surface area (Å²) in [5, 5.41) is 0.964. The molecule has 0 fully saturated rings. The first-order valence-corrected chi connectivity index (χ1v) is 5.59. The van der Waals surface area contributed by atoms with E-state index in [9.17, 15) is 0 Å². The molecule has 0 saturated carbocycles. The van der Waals surface area contributed by atoms with Gasteiger partial charge < -0.3 is 15.4 Å². The number of aromatic nitrogens is 1. The van der Waals surface area contributed by atoms with Crippen LogP contribution in [-0.2, 0) is 0 Å². The minimum Gasteiger partial charge on any atom is -0.489 e. The number of hydrogen-bond donors (Lipinski definition) is 1. The molecule has 1 heterocycles. The zero-order chi connectivity index (χ0) is 12.3. The maximum atomic E-state index is 5.90. The number of rotatable bonds is 4. The zero-order valence-corrected chi connectivity index (χ0v) is 10.2. The van der Waals surface area contributed by atoms with Crippen molar-refractivity contribution in [3.05, 3.63) is 30.5 Å². The number of hydrogen-bond acceptors (Lipinski definition) is 4. The van der Waals surface area contributed by atoms with E-state index in [1.807, 2.05) is 38.4 Å². The molecule has 2 rings (SSSR count). The van der Waals surface area contributed by atoms with Crippen LogP contribution in [0, 0.1) is 0 Å². The molecule has 0 aliphatic rings. The van der Waals surface area contributed by atoms with Crippen molar-refractivity contribution >= 4 is 16.6 Å². The summed E-state index contributed by atoms with van der Waals surface area (Å²) in [6.07, 6.45) is 1.65. The second-order valence-electron chi connectivity index (χ2n) is 4.21. The van der Waals surface area contributed by atoms with Crippen molar-refractivity contribution < 1.29 is 4.74 Å². The third kappa shape index (κ3) is 2.65. The lowest BCUT2D eigenvalue weighted by Gasteiger charge is -2.14. The van der Waals surface area contributed by atoms with E-state index >= 15 is 0 Å². The molecule has 0 aliphatic carbocycles. The molecule has 0 aliphatic heterocycles. The van der Waals surface area contributed by atoms with Gasteiger partial charge in [0.25, 0.3) is 0 Å². The monoisotopic (exact) mass is 231 g/mol. The topological polar surface area (TPSA) is 51.4 Å². The molecule has 0 bridgehead atoms. The van der Waals surface area contributed by atoms with Crippen molar-refractivity contribution in [2.45, 2.75) is 0 Å². The first-order chi connectivity index (χ1) is 8.18. The molecule has 4 heteroatoms. The summed E-state index contributed by atoms with van der Waals surface area (Å²) < 4.78 is 5.75. The van der Waals surface area contributed by atoms with Gasteiger partial charge >= 0.3 is 0 Å². The fraction of sp³-hybridized carbons (Fsp3) is 0.308. The van der Waals surface area contributed by atoms with E-state index in [0.717, 1.165) is 23.2 Å². The van der Waals surface area contributed by atoms with Crippen molar-refractivity contribution in [3.8, 4) is 5.75 Å². The van der Waals surface area contributed by atoms with Crippen molar-refractivity contribution in [3.63, 3.8) is 0 Å². The maximum Gasteiger partial charge on any atom is 0.153 e. The second kappa shape index (κ2) is 5.01. The largest absolute Gasteiger partial charge is 0.489 e. The highest BCUT2D eigenvalue weighted by molar-refractivity contribution is 5.89. The summed E-state index contributed by atoms with van der Waals surface area (Å²) in [7, 11) is 4.02. The molecule has 2 aromatic rings. The second-order valence-corrected chi connectivity index (χ2v) is 4.21. The van der Waals surface area contributed by atoms with Crippen molar-refractivity contribution in [2.24, 2.45) is 0 Å². The standard InChI is InChI=1S/C13H17N3O/c1-16(2)7-8-17-13-10-5-3-4-6-12(10)15-9-11(13)14/h3-6,9H,7-8,14H2,1-2H3. The van der Waals surface area contributed by atoms with Gasteiger partial charge in [0.2, 0.25) is 0 Å². The van der Waals surface area contributed by atoms with E-state index in [2.05, 4.69) is 9.88 Å². The van der Waals surface area contributed by atoms with E-state index in [4.69, 9.17) is 10.5 Å². The normalized spacial score (nSPS) is 11.0.